The average Bonchev–Trinajstić information content (AvgIpc) is 2.57. The molecule has 6 nitrogen and oxygen atoms in total. The van der Waals surface area contributed by atoms with Gasteiger partial charge in [-0.3, -0.25) is 4.79 Å². The number of phenolic OH excluding ortho intramolecular Hbond substituents is 2. The van der Waals surface area contributed by atoms with Gasteiger partial charge in [-0.1, -0.05) is 0 Å². The van der Waals surface area contributed by atoms with E-state index in [1.807, 2.05) is 0 Å². The number of aryl methyl sites for hydroxylation is 1. The van der Waals surface area contributed by atoms with Crippen molar-refractivity contribution in [1.82, 2.24) is 0 Å². The van der Waals surface area contributed by atoms with Gasteiger partial charge in [0.1, 0.15) is 11.5 Å². The molecule has 3 rings (SSSR count). The first-order valence-electron chi connectivity index (χ1n) is 7.47. The van der Waals surface area contributed by atoms with Crippen molar-refractivity contribution in [2.24, 2.45) is 0 Å². The highest BCUT2D eigenvalue weighted by Crippen LogP contribution is 2.45. The number of rotatable bonds is 1. The number of benzene rings is 2. The van der Waals surface area contributed by atoms with Crippen LogP contribution in [0.1, 0.15) is 36.6 Å². The first kappa shape index (κ1) is 16.3. The van der Waals surface area contributed by atoms with E-state index in [4.69, 9.17) is 9.47 Å². The van der Waals surface area contributed by atoms with Gasteiger partial charge in [0.15, 0.2) is 6.10 Å². The molecule has 0 aromatic heterocycles. The maximum absolute atomic E-state index is 12.3. The van der Waals surface area contributed by atoms with Gasteiger partial charge in [-0.15, -0.1) is 0 Å². The molecule has 24 heavy (non-hydrogen) atoms. The third-order valence-electron chi connectivity index (χ3n) is 4.56. The van der Waals surface area contributed by atoms with Crippen molar-refractivity contribution in [3.8, 4) is 11.5 Å². The van der Waals surface area contributed by atoms with E-state index in [2.05, 4.69) is 0 Å². The maximum Gasteiger partial charge on any atom is 0.347 e. The fourth-order valence-corrected chi connectivity index (χ4v) is 3.08. The molecular weight excluding hydrogens is 312 g/mol. The predicted octanol–water partition coefficient (Wildman–Crippen LogP) is 2.61. The number of carbonyl (C=O) groups is 2. The third kappa shape index (κ3) is 2.14. The lowest BCUT2D eigenvalue weighted by atomic mass is 9.79. The fourth-order valence-electron chi connectivity index (χ4n) is 3.08. The van der Waals surface area contributed by atoms with E-state index in [0.717, 1.165) is 0 Å². The highest BCUT2D eigenvalue weighted by Gasteiger charge is 2.44. The highest BCUT2D eigenvalue weighted by molar-refractivity contribution is 6.03. The number of ether oxygens (including phenoxy) is 2. The summed E-state index contributed by atoms with van der Waals surface area (Å²) < 4.78 is 10.2. The molecule has 0 aliphatic carbocycles. The van der Waals surface area contributed by atoms with Crippen LogP contribution in [0.25, 0.3) is 10.8 Å². The van der Waals surface area contributed by atoms with Crippen LogP contribution in [0.15, 0.2) is 18.2 Å². The summed E-state index contributed by atoms with van der Waals surface area (Å²) in [4.78, 5) is 24.6. The molecule has 6 heteroatoms. The number of esters is 2. The Kier molecular flexibility index (Phi) is 3.53. The van der Waals surface area contributed by atoms with Crippen molar-refractivity contribution in [1.29, 1.82) is 0 Å². The van der Waals surface area contributed by atoms with E-state index in [1.54, 1.807) is 26.8 Å². The third-order valence-corrected chi connectivity index (χ3v) is 4.56. The van der Waals surface area contributed by atoms with Gasteiger partial charge in [0.25, 0.3) is 0 Å². The first-order chi connectivity index (χ1) is 11.2. The van der Waals surface area contributed by atoms with Crippen LogP contribution < -0.4 is 0 Å². The van der Waals surface area contributed by atoms with Gasteiger partial charge >= 0.3 is 11.9 Å². The average molecular weight is 330 g/mol. The molecule has 1 heterocycles. The Bertz CT molecular complexity index is 881. The molecule has 1 atom stereocenters. The predicted molar refractivity (Wildman–Crippen MR) is 85.9 cm³/mol. The molecule has 0 bridgehead atoms. The van der Waals surface area contributed by atoms with E-state index in [-0.39, 0.29) is 11.5 Å². The van der Waals surface area contributed by atoms with Crippen molar-refractivity contribution in [3.05, 3.63) is 34.9 Å². The SMILES string of the molecule is CO[C@H]1C(=O)OC(=O)C(C)(C)c2cc(O)c3cc(C)c(O)cc3c21. The summed E-state index contributed by atoms with van der Waals surface area (Å²) in [5, 5.41) is 21.4. The van der Waals surface area contributed by atoms with Crippen LogP contribution in [0.2, 0.25) is 0 Å². The van der Waals surface area contributed by atoms with E-state index >= 15 is 0 Å². The maximum atomic E-state index is 12.3. The van der Waals surface area contributed by atoms with Crippen LogP contribution in [-0.4, -0.2) is 29.3 Å². The Morgan fingerprint density at radius 2 is 1.75 bits per heavy atom. The van der Waals surface area contributed by atoms with Gasteiger partial charge < -0.3 is 19.7 Å². The van der Waals surface area contributed by atoms with Crippen LogP contribution in [0.3, 0.4) is 0 Å². The summed E-state index contributed by atoms with van der Waals surface area (Å²) >= 11 is 0. The second kappa shape index (κ2) is 5.21. The summed E-state index contributed by atoms with van der Waals surface area (Å²) in [5.41, 5.74) is 0.267. The van der Waals surface area contributed by atoms with E-state index in [1.165, 1.54) is 19.2 Å². The molecule has 0 radical (unpaired) electrons. The molecule has 0 amide bonds. The quantitative estimate of drug-likeness (QED) is 0.617. The molecule has 2 aromatic rings. The molecule has 2 aromatic carbocycles. The molecule has 0 saturated carbocycles. The molecule has 0 saturated heterocycles. The van der Waals surface area contributed by atoms with E-state index in [0.29, 0.717) is 27.5 Å². The molecule has 0 spiro atoms. The van der Waals surface area contributed by atoms with Crippen LogP contribution in [0, 0.1) is 6.92 Å². The zero-order chi connectivity index (χ0) is 17.8. The van der Waals surface area contributed by atoms with Crippen molar-refractivity contribution in [2.45, 2.75) is 32.3 Å². The fraction of sp³-hybridized carbons (Fsp3) is 0.333. The number of fused-ring (bicyclic) bond motifs is 3. The number of cyclic esters (lactones) is 2. The molecule has 0 fully saturated rings. The monoisotopic (exact) mass is 330 g/mol. The Labute approximate surface area is 138 Å². The molecular formula is C18H18O6. The Morgan fingerprint density at radius 3 is 2.38 bits per heavy atom. The van der Waals surface area contributed by atoms with Gasteiger partial charge in [-0.25, -0.2) is 4.79 Å². The first-order valence-corrected chi connectivity index (χ1v) is 7.47. The molecule has 0 unspecified atom stereocenters. The van der Waals surface area contributed by atoms with Crippen LogP contribution in [-0.2, 0) is 24.5 Å². The summed E-state index contributed by atoms with van der Waals surface area (Å²) in [6, 6.07) is 4.55. The van der Waals surface area contributed by atoms with Crippen molar-refractivity contribution < 1.29 is 29.3 Å². The van der Waals surface area contributed by atoms with Crippen LogP contribution >= 0.6 is 0 Å². The molecule has 1 aliphatic heterocycles. The number of methoxy groups -OCH3 is 1. The summed E-state index contributed by atoms with van der Waals surface area (Å²) in [7, 11) is 1.34. The number of carbonyl (C=O) groups excluding carboxylic acids is 2. The van der Waals surface area contributed by atoms with Crippen molar-refractivity contribution in [2.75, 3.05) is 7.11 Å². The van der Waals surface area contributed by atoms with Crippen molar-refractivity contribution >= 4 is 22.7 Å². The minimum Gasteiger partial charge on any atom is -0.508 e. The van der Waals surface area contributed by atoms with E-state index < -0.39 is 23.5 Å². The lowest BCUT2D eigenvalue weighted by molar-refractivity contribution is -0.169. The standard InChI is InChI=1S/C18H18O6/c1-8-5-9-10(6-12(8)19)14-11(7-13(9)20)18(2,3)17(22)24-16(21)15(14)23-4/h5-7,15,19-20H,1-4H3/t15-/m1/s1. The topological polar surface area (TPSA) is 93.1 Å². The highest BCUT2D eigenvalue weighted by atomic mass is 16.6. The van der Waals surface area contributed by atoms with E-state index in [9.17, 15) is 19.8 Å². The largest absolute Gasteiger partial charge is 0.508 e. The minimum absolute atomic E-state index is 0.0203. The Balaban J connectivity index is 2.52. The Hall–Kier alpha value is -2.60. The van der Waals surface area contributed by atoms with Gasteiger partial charge in [0.05, 0.1) is 5.41 Å². The zero-order valence-electron chi connectivity index (χ0n) is 13.8. The van der Waals surface area contributed by atoms with Crippen LogP contribution in [0.4, 0.5) is 0 Å². The van der Waals surface area contributed by atoms with Crippen molar-refractivity contribution in [3.63, 3.8) is 0 Å². The second-order valence-corrected chi connectivity index (χ2v) is 6.49. The van der Waals surface area contributed by atoms with Gasteiger partial charge in [0, 0.05) is 18.1 Å². The second-order valence-electron chi connectivity index (χ2n) is 6.49. The number of hydrogen-bond donors (Lipinski definition) is 2. The lowest BCUT2D eigenvalue weighted by Crippen LogP contribution is -2.31. The normalized spacial score (nSPS) is 19.8. The molecule has 1 aliphatic rings. The Morgan fingerprint density at radius 1 is 1.08 bits per heavy atom. The lowest BCUT2D eigenvalue weighted by Gasteiger charge is -2.24. The number of hydrogen-bond acceptors (Lipinski definition) is 6. The number of phenols is 2. The summed E-state index contributed by atoms with van der Waals surface area (Å²) in [6.45, 7) is 4.92. The molecule has 126 valence electrons. The zero-order valence-corrected chi connectivity index (χ0v) is 13.8. The molecule has 2 N–H and O–H groups in total. The van der Waals surface area contributed by atoms with Crippen LogP contribution in [0.5, 0.6) is 11.5 Å². The summed E-state index contributed by atoms with van der Waals surface area (Å²) in [6.07, 6.45) is -1.13. The summed E-state index contributed by atoms with van der Waals surface area (Å²) in [5.74, 6) is -1.56. The number of aromatic hydroxyl groups is 2. The minimum atomic E-state index is -1.16. The van der Waals surface area contributed by atoms with Gasteiger partial charge in [-0.05, 0) is 55.5 Å². The van der Waals surface area contributed by atoms with Gasteiger partial charge in [0.2, 0.25) is 0 Å². The van der Waals surface area contributed by atoms with Gasteiger partial charge in [-0.2, -0.15) is 0 Å². The smallest absolute Gasteiger partial charge is 0.347 e.